The summed E-state index contributed by atoms with van der Waals surface area (Å²) in [4.78, 5) is 54.8. The van der Waals surface area contributed by atoms with Crippen molar-refractivity contribution in [3.8, 4) is 0 Å². The molecule has 0 radical (unpaired) electrons. The van der Waals surface area contributed by atoms with E-state index in [0.717, 1.165) is 48.8 Å². The number of carbonyl (C=O) groups is 4. The number of alkyl carbamates (subject to hydrolysis) is 1. The third-order valence-corrected chi connectivity index (χ3v) is 7.82. The fourth-order valence-electron chi connectivity index (χ4n) is 5.10. The van der Waals surface area contributed by atoms with E-state index in [2.05, 4.69) is 10.6 Å². The first kappa shape index (κ1) is 33.1. The van der Waals surface area contributed by atoms with Crippen molar-refractivity contribution in [1.29, 1.82) is 0 Å². The lowest BCUT2D eigenvalue weighted by molar-refractivity contribution is -0.150. The highest BCUT2D eigenvalue weighted by Crippen LogP contribution is 2.35. The summed E-state index contributed by atoms with van der Waals surface area (Å²) in [5.41, 5.74) is 6.53. The van der Waals surface area contributed by atoms with Crippen molar-refractivity contribution in [1.82, 2.24) is 15.5 Å². The molecular formula is C31H50N4O5. The summed E-state index contributed by atoms with van der Waals surface area (Å²) < 4.78 is 5.43. The van der Waals surface area contributed by atoms with Crippen LogP contribution in [0.25, 0.3) is 0 Å². The van der Waals surface area contributed by atoms with Gasteiger partial charge < -0.3 is 26.0 Å². The Labute approximate surface area is 240 Å². The number of ether oxygens (including phenoxy) is 1. The Morgan fingerprint density at radius 3 is 2.23 bits per heavy atom. The van der Waals surface area contributed by atoms with Crippen molar-refractivity contribution < 1.29 is 23.9 Å². The number of amides is 4. The maximum Gasteiger partial charge on any atom is 0.408 e. The van der Waals surface area contributed by atoms with E-state index in [9.17, 15) is 19.2 Å². The van der Waals surface area contributed by atoms with E-state index in [1.165, 1.54) is 0 Å². The quantitative estimate of drug-likeness (QED) is 0.353. The monoisotopic (exact) mass is 558 g/mol. The SMILES string of the molecule is CCC(C)(C)N(C(=O)C(CCC(N)=O)NC(=O)OC(C)(C)C)C(C(=O)NC1CCCCC1)c1cccc(C)c1C. The molecule has 4 amide bonds. The molecule has 2 unspecified atom stereocenters. The highest BCUT2D eigenvalue weighted by Gasteiger charge is 2.44. The molecule has 1 aromatic carbocycles. The highest BCUT2D eigenvalue weighted by molar-refractivity contribution is 5.93. The van der Waals surface area contributed by atoms with Gasteiger partial charge in [0.25, 0.3) is 0 Å². The summed E-state index contributed by atoms with van der Waals surface area (Å²) in [5.74, 6) is -1.31. The number of nitrogens with one attached hydrogen (secondary N) is 2. The summed E-state index contributed by atoms with van der Waals surface area (Å²) in [6.07, 6.45) is 4.69. The molecule has 224 valence electrons. The molecule has 40 heavy (non-hydrogen) atoms. The van der Waals surface area contributed by atoms with Gasteiger partial charge >= 0.3 is 6.09 Å². The summed E-state index contributed by atoms with van der Waals surface area (Å²) in [7, 11) is 0. The van der Waals surface area contributed by atoms with Gasteiger partial charge in [0, 0.05) is 18.0 Å². The molecule has 0 aromatic heterocycles. The van der Waals surface area contributed by atoms with Gasteiger partial charge in [-0.3, -0.25) is 14.4 Å². The number of benzene rings is 1. The van der Waals surface area contributed by atoms with Gasteiger partial charge in [-0.25, -0.2) is 4.79 Å². The number of primary amides is 1. The second-order valence-electron chi connectivity index (χ2n) is 12.6. The topological polar surface area (TPSA) is 131 Å². The van der Waals surface area contributed by atoms with Gasteiger partial charge in [-0.1, -0.05) is 44.4 Å². The normalized spacial score (nSPS) is 16.0. The average Bonchev–Trinajstić information content (AvgIpc) is 2.85. The summed E-state index contributed by atoms with van der Waals surface area (Å²) in [5, 5.41) is 5.90. The number of hydrogen-bond acceptors (Lipinski definition) is 5. The minimum absolute atomic E-state index is 0.0204. The number of carbonyl (C=O) groups excluding carboxylic acids is 4. The Bertz CT molecular complexity index is 1060. The van der Waals surface area contributed by atoms with Crippen LogP contribution in [0, 0.1) is 13.8 Å². The third kappa shape index (κ3) is 9.24. The van der Waals surface area contributed by atoms with Gasteiger partial charge in [-0.05, 0) is 90.8 Å². The number of hydrogen-bond donors (Lipinski definition) is 3. The third-order valence-electron chi connectivity index (χ3n) is 7.82. The summed E-state index contributed by atoms with van der Waals surface area (Å²) in [6.45, 7) is 14.9. The van der Waals surface area contributed by atoms with Crippen LogP contribution in [-0.4, -0.2) is 51.9 Å². The second-order valence-corrected chi connectivity index (χ2v) is 12.6. The van der Waals surface area contributed by atoms with E-state index >= 15 is 0 Å². The molecule has 2 atom stereocenters. The van der Waals surface area contributed by atoms with E-state index in [1.807, 2.05) is 52.8 Å². The molecule has 1 aliphatic rings. The molecule has 4 N–H and O–H groups in total. The largest absolute Gasteiger partial charge is 0.444 e. The minimum atomic E-state index is -1.12. The van der Waals surface area contributed by atoms with Crippen molar-refractivity contribution in [2.45, 2.75) is 136 Å². The number of nitrogens with zero attached hydrogens (tertiary/aromatic N) is 1. The van der Waals surface area contributed by atoms with Crippen LogP contribution in [0.1, 0.15) is 116 Å². The molecule has 9 heteroatoms. The Morgan fingerprint density at radius 1 is 1.05 bits per heavy atom. The van der Waals surface area contributed by atoms with E-state index in [4.69, 9.17) is 10.5 Å². The van der Waals surface area contributed by atoms with E-state index in [1.54, 1.807) is 25.7 Å². The van der Waals surface area contributed by atoms with Crippen LogP contribution in [0.15, 0.2) is 18.2 Å². The standard InChI is InChI=1S/C31H50N4O5/c1-9-31(7,8)35(28(38)24(18-19-25(32)36)34-29(39)40-30(4,5)6)26(23-17-13-14-20(2)21(23)3)27(37)33-22-15-11-10-12-16-22/h13-14,17,22,24,26H,9-12,15-16,18-19H2,1-8H3,(H2,32,36)(H,33,37)(H,34,39). The van der Waals surface area contributed by atoms with Gasteiger partial charge in [-0.15, -0.1) is 0 Å². The number of nitrogens with two attached hydrogens (primary N) is 1. The molecule has 0 bridgehead atoms. The van der Waals surface area contributed by atoms with Gasteiger partial charge in [0.15, 0.2) is 0 Å². The van der Waals surface area contributed by atoms with Crippen LogP contribution in [0.3, 0.4) is 0 Å². The van der Waals surface area contributed by atoms with Crippen molar-refractivity contribution in [3.63, 3.8) is 0 Å². The molecule has 0 heterocycles. The summed E-state index contributed by atoms with van der Waals surface area (Å²) in [6, 6.07) is 3.74. The molecule has 1 aromatic rings. The Morgan fingerprint density at radius 2 is 1.68 bits per heavy atom. The van der Waals surface area contributed by atoms with Crippen LogP contribution in [0.2, 0.25) is 0 Å². The van der Waals surface area contributed by atoms with Gasteiger partial charge in [0.1, 0.15) is 17.7 Å². The van der Waals surface area contributed by atoms with Crippen LogP contribution < -0.4 is 16.4 Å². The van der Waals surface area contributed by atoms with Crippen molar-refractivity contribution >= 4 is 23.8 Å². The number of rotatable bonds is 11. The Kier molecular flexibility index (Phi) is 11.6. The molecule has 2 rings (SSSR count). The molecule has 1 saturated carbocycles. The molecule has 0 spiro atoms. The van der Waals surface area contributed by atoms with Crippen LogP contribution in [0.4, 0.5) is 4.79 Å². The predicted octanol–water partition coefficient (Wildman–Crippen LogP) is 4.97. The molecule has 0 aliphatic heterocycles. The average molecular weight is 559 g/mol. The predicted molar refractivity (Wildman–Crippen MR) is 156 cm³/mol. The first-order chi connectivity index (χ1) is 18.6. The molecule has 0 saturated heterocycles. The number of aryl methyl sites for hydroxylation is 1. The first-order valence-electron chi connectivity index (χ1n) is 14.5. The van der Waals surface area contributed by atoms with E-state index in [0.29, 0.717) is 6.42 Å². The second kappa shape index (κ2) is 14.0. The minimum Gasteiger partial charge on any atom is -0.444 e. The molecule has 1 fully saturated rings. The zero-order valence-corrected chi connectivity index (χ0v) is 25.7. The van der Waals surface area contributed by atoms with Crippen molar-refractivity contribution in [3.05, 3.63) is 34.9 Å². The lowest BCUT2D eigenvalue weighted by atomic mass is 9.88. The van der Waals surface area contributed by atoms with Gasteiger partial charge in [0.05, 0.1) is 0 Å². The molecular weight excluding hydrogens is 508 g/mol. The summed E-state index contributed by atoms with van der Waals surface area (Å²) >= 11 is 0. The van der Waals surface area contributed by atoms with E-state index in [-0.39, 0.29) is 24.8 Å². The van der Waals surface area contributed by atoms with Crippen LogP contribution in [-0.2, 0) is 19.1 Å². The Balaban J connectivity index is 2.63. The first-order valence-corrected chi connectivity index (χ1v) is 14.5. The lowest BCUT2D eigenvalue weighted by Crippen LogP contribution is -2.60. The van der Waals surface area contributed by atoms with Crippen LogP contribution >= 0.6 is 0 Å². The molecule has 9 nitrogen and oxygen atoms in total. The van der Waals surface area contributed by atoms with Gasteiger partial charge in [-0.2, -0.15) is 0 Å². The smallest absolute Gasteiger partial charge is 0.408 e. The zero-order valence-electron chi connectivity index (χ0n) is 25.7. The molecule has 1 aliphatic carbocycles. The maximum atomic E-state index is 14.5. The van der Waals surface area contributed by atoms with E-state index < -0.39 is 41.1 Å². The van der Waals surface area contributed by atoms with Crippen LogP contribution in [0.5, 0.6) is 0 Å². The fraction of sp³-hybridized carbons (Fsp3) is 0.677. The zero-order chi connectivity index (χ0) is 30.3. The highest BCUT2D eigenvalue weighted by atomic mass is 16.6. The maximum absolute atomic E-state index is 14.5. The Hall–Kier alpha value is -3.10. The fourth-order valence-corrected chi connectivity index (χ4v) is 5.10. The lowest BCUT2D eigenvalue weighted by Gasteiger charge is -2.45. The van der Waals surface area contributed by atoms with Crippen molar-refractivity contribution in [2.75, 3.05) is 0 Å². The van der Waals surface area contributed by atoms with Gasteiger partial charge in [0.2, 0.25) is 17.7 Å². The van der Waals surface area contributed by atoms with Crippen molar-refractivity contribution in [2.24, 2.45) is 5.73 Å².